The second-order valence-electron chi connectivity index (χ2n) is 6.37. The van der Waals surface area contributed by atoms with Crippen LogP contribution < -0.4 is 0 Å². The van der Waals surface area contributed by atoms with Crippen molar-refractivity contribution in [3.63, 3.8) is 0 Å². The Balaban J connectivity index is 1.45. The first-order valence-electron chi connectivity index (χ1n) is 8.31. The van der Waals surface area contributed by atoms with Gasteiger partial charge in [0.25, 0.3) is 0 Å². The van der Waals surface area contributed by atoms with E-state index in [2.05, 4.69) is 34.1 Å². The highest BCUT2D eigenvalue weighted by atomic mass is 16.5. The van der Waals surface area contributed by atoms with Crippen LogP contribution in [-0.2, 0) is 17.7 Å². The van der Waals surface area contributed by atoms with E-state index < -0.39 is 0 Å². The summed E-state index contributed by atoms with van der Waals surface area (Å²) in [6, 6.07) is 9.89. The standard InChI is InChI=1S/C19H22N4O/c1-23(13-16-3-2-8-21-11-16)14-19-7-6-18(24-19)9-17-5-4-15(10-20)12-22-17/h2-5,8,11-12,18-19H,6-7,9,13-14H2,1H3/t18-,19+/m0/s1. The number of hydrogen-bond donors (Lipinski definition) is 0. The van der Waals surface area contributed by atoms with E-state index in [0.29, 0.717) is 5.56 Å². The van der Waals surface area contributed by atoms with Crippen LogP contribution in [0.15, 0.2) is 42.9 Å². The molecule has 5 heteroatoms. The highest BCUT2D eigenvalue weighted by molar-refractivity contribution is 5.26. The van der Waals surface area contributed by atoms with Crippen LogP contribution in [0.3, 0.4) is 0 Å². The molecule has 2 aromatic heterocycles. The van der Waals surface area contributed by atoms with Crippen LogP contribution in [-0.4, -0.2) is 40.7 Å². The molecule has 0 amide bonds. The number of nitrogens with zero attached hydrogens (tertiary/aromatic N) is 4. The van der Waals surface area contributed by atoms with E-state index in [9.17, 15) is 0 Å². The monoisotopic (exact) mass is 322 g/mol. The molecule has 0 saturated carbocycles. The number of aromatic nitrogens is 2. The topological polar surface area (TPSA) is 62.0 Å². The van der Waals surface area contributed by atoms with Crippen LogP contribution >= 0.6 is 0 Å². The molecular weight excluding hydrogens is 300 g/mol. The van der Waals surface area contributed by atoms with Crippen molar-refractivity contribution in [2.75, 3.05) is 13.6 Å². The Bertz CT molecular complexity index is 681. The van der Waals surface area contributed by atoms with Gasteiger partial charge in [0.2, 0.25) is 0 Å². The maximum Gasteiger partial charge on any atom is 0.101 e. The molecule has 2 aromatic rings. The van der Waals surface area contributed by atoms with Gasteiger partial charge in [-0.25, -0.2) is 0 Å². The van der Waals surface area contributed by atoms with E-state index in [-0.39, 0.29) is 12.2 Å². The molecule has 0 unspecified atom stereocenters. The van der Waals surface area contributed by atoms with Gasteiger partial charge in [0.05, 0.1) is 17.8 Å². The van der Waals surface area contributed by atoms with Crippen molar-refractivity contribution in [1.82, 2.24) is 14.9 Å². The summed E-state index contributed by atoms with van der Waals surface area (Å²) < 4.78 is 6.17. The number of nitriles is 1. The molecule has 3 heterocycles. The van der Waals surface area contributed by atoms with Crippen LogP contribution in [0, 0.1) is 11.3 Å². The molecular formula is C19H22N4O. The zero-order valence-electron chi connectivity index (χ0n) is 13.9. The molecule has 0 N–H and O–H groups in total. The maximum absolute atomic E-state index is 8.81. The average molecular weight is 322 g/mol. The lowest BCUT2D eigenvalue weighted by molar-refractivity contribution is 0.0263. The van der Waals surface area contributed by atoms with Crippen molar-refractivity contribution in [1.29, 1.82) is 5.26 Å². The maximum atomic E-state index is 8.81. The largest absolute Gasteiger partial charge is 0.373 e. The van der Waals surface area contributed by atoms with Gasteiger partial charge < -0.3 is 4.74 Å². The highest BCUT2D eigenvalue weighted by Crippen LogP contribution is 2.23. The fourth-order valence-corrected chi connectivity index (χ4v) is 3.12. The average Bonchev–Trinajstić information content (AvgIpc) is 3.03. The highest BCUT2D eigenvalue weighted by Gasteiger charge is 2.26. The van der Waals surface area contributed by atoms with Gasteiger partial charge in [-0.3, -0.25) is 14.9 Å². The number of hydrogen-bond acceptors (Lipinski definition) is 5. The molecule has 0 aliphatic carbocycles. The summed E-state index contributed by atoms with van der Waals surface area (Å²) in [5.41, 5.74) is 2.81. The smallest absolute Gasteiger partial charge is 0.101 e. The number of ether oxygens (including phenoxy) is 1. The molecule has 1 fully saturated rings. The van der Waals surface area contributed by atoms with Crippen LogP contribution in [0.4, 0.5) is 0 Å². The van der Waals surface area contributed by atoms with Gasteiger partial charge in [-0.1, -0.05) is 6.07 Å². The third-order valence-electron chi connectivity index (χ3n) is 4.28. The van der Waals surface area contributed by atoms with E-state index >= 15 is 0 Å². The van der Waals surface area contributed by atoms with Crippen LogP contribution in [0.5, 0.6) is 0 Å². The summed E-state index contributed by atoms with van der Waals surface area (Å²) in [5.74, 6) is 0. The van der Waals surface area contributed by atoms with Crippen LogP contribution in [0.25, 0.3) is 0 Å². The van der Waals surface area contributed by atoms with E-state index in [1.807, 2.05) is 24.4 Å². The lowest BCUT2D eigenvalue weighted by atomic mass is 10.1. The molecule has 0 radical (unpaired) electrons. The first-order valence-corrected chi connectivity index (χ1v) is 8.31. The molecule has 24 heavy (non-hydrogen) atoms. The van der Waals surface area contributed by atoms with E-state index in [1.165, 1.54) is 5.56 Å². The minimum atomic E-state index is 0.224. The van der Waals surface area contributed by atoms with Crippen molar-refractivity contribution < 1.29 is 4.74 Å². The lowest BCUT2D eigenvalue weighted by Gasteiger charge is -2.21. The first-order chi connectivity index (χ1) is 11.7. The fourth-order valence-electron chi connectivity index (χ4n) is 3.12. The van der Waals surface area contributed by atoms with E-state index in [1.54, 1.807) is 12.4 Å². The SMILES string of the molecule is CN(Cc1cccnc1)C[C@H]1CC[C@@H](Cc2ccc(C#N)cn2)O1. The second-order valence-corrected chi connectivity index (χ2v) is 6.37. The quantitative estimate of drug-likeness (QED) is 0.818. The van der Waals surface area contributed by atoms with Gasteiger partial charge in [-0.05, 0) is 43.7 Å². The van der Waals surface area contributed by atoms with Gasteiger partial charge in [-0.15, -0.1) is 0 Å². The summed E-state index contributed by atoms with van der Waals surface area (Å²) >= 11 is 0. The van der Waals surface area contributed by atoms with Crippen molar-refractivity contribution in [3.05, 3.63) is 59.7 Å². The molecule has 124 valence electrons. The minimum absolute atomic E-state index is 0.224. The molecule has 0 aromatic carbocycles. The van der Waals surface area contributed by atoms with Crippen molar-refractivity contribution in [2.45, 2.75) is 38.0 Å². The van der Waals surface area contributed by atoms with Gasteiger partial charge in [0, 0.05) is 43.8 Å². The Kier molecular flexibility index (Phi) is 5.52. The molecule has 1 saturated heterocycles. The van der Waals surface area contributed by atoms with Crippen molar-refractivity contribution in [2.24, 2.45) is 0 Å². The molecule has 0 bridgehead atoms. The van der Waals surface area contributed by atoms with E-state index in [0.717, 1.165) is 38.0 Å². The summed E-state index contributed by atoms with van der Waals surface area (Å²) in [6.07, 6.45) is 8.79. The normalized spacial score (nSPS) is 20.2. The first kappa shape index (κ1) is 16.6. The number of likely N-dealkylation sites (N-methyl/N-ethyl adjacent to an activating group) is 1. The van der Waals surface area contributed by atoms with Gasteiger partial charge in [-0.2, -0.15) is 5.26 Å². The molecule has 1 aliphatic heterocycles. The Hall–Kier alpha value is -2.29. The Morgan fingerprint density at radius 2 is 2.12 bits per heavy atom. The van der Waals surface area contributed by atoms with Crippen LogP contribution in [0.1, 0.15) is 29.7 Å². The van der Waals surface area contributed by atoms with Crippen molar-refractivity contribution in [3.8, 4) is 6.07 Å². The van der Waals surface area contributed by atoms with E-state index in [4.69, 9.17) is 10.00 Å². The molecule has 0 spiro atoms. The lowest BCUT2D eigenvalue weighted by Crippen LogP contribution is -2.29. The minimum Gasteiger partial charge on any atom is -0.373 e. The third-order valence-corrected chi connectivity index (χ3v) is 4.28. The van der Waals surface area contributed by atoms with Gasteiger partial charge in [0.1, 0.15) is 6.07 Å². The molecule has 5 nitrogen and oxygen atoms in total. The van der Waals surface area contributed by atoms with Gasteiger partial charge in [0.15, 0.2) is 0 Å². The summed E-state index contributed by atoms with van der Waals surface area (Å²) in [6.45, 7) is 1.81. The zero-order valence-corrected chi connectivity index (χ0v) is 13.9. The number of rotatable bonds is 6. The predicted molar refractivity (Wildman–Crippen MR) is 91.1 cm³/mol. The Labute approximate surface area is 142 Å². The third kappa shape index (κ3) is 4.60. The molecule has 3 rings (SSSR count). The summed E-state index contributed by atoms with van der Waals surface area (Å²) in [5, 5.41) is 8.81. The second kappa shape index (κ2) is 8.00. The Morgan fingerprint density at radius 3 is 2.83 bits per heavy atom. The van der Waals surface area contributed by atoms with Crippen LogP contribution in [0.2, 0.25) is 0 Å². The van der Waals surface area contributed by atoms with Crippen molar-refractivity contribution >= 4 is 0 Å². The Morgan fingerprint density at radius 1 is 1.25 bits per heavy atom. The summed E-state index contributed by atoms with van der Waals surface area (Å²) in [7, 11) is 2.12. The zero-order chi connectivity index (χ0) is 16.8. The number of pyridine rings is 2. The molecule has 2 atom stereocenters. The van der Waals surface area contributed by atoms with Gasteiger partial charge >= 0.3 is 0 Å². The predicted octanol–water partition coefficient (Wildman–Crippen LogP) is 2.57. The fraction of sp³-hybridized carbons (Fsp3) is 0.421. The summed E-state index contributed by atoms with van der Waals surface area (Å²) in [4.78, 5) is 10.8. The molecule has 1 aliphatic rings.